The number of thiophene rings is 1. The highest BCUT2D eigenvalue weighted by atomic mass is 32.1. The Labute approximate surface area is 165 Å². The van der Waals surface area contributed by atoms with Gasteiger partial charge in [-0.3, -0.25) is 4.79 Å². The number of amides is 1. The fourth-order valence-corrected chi connectivity index (χ4v) is 4.11. The van der Waals surface area contributed by atoms with Gasteiger partial charge in [-0.2, -0.15) is 16.4 Å². The van der Waals surface area contributed by atoms with Crippen LogP contribution in [0.15, 0.2) is 71.4 Å². The van der Waals surface area contributed by atoms with Crippen molar-refractivity contribution in [3.05, 3.63) is 82.7 Å². The minimum atomic E-state index is -0.0794. The van der Waals surface area contributed by atoms with Crippen LogP contribution in [-0.4, -0.2) is 11.0 Å². The van der Waals surface area contributed by atoms with E-state index in [0.717, 1.165) is 27.7 Å². The van der Waals surface area contributed by atoms with Crippen LogP contribution >= 0.6 is 11.3 Å². The zero-order chi connectivity index (χ0) is 19.1. The predicted octanol–water partition coefficient (Wildman–Crippen LogP) is 5.42. The summed E-state index contributed by atoms with van der Waals surface area (Å²) in [5.74, 6) is -0.0794. The summed E-state index contributed by atoms with van der Waals surface area (Å²) in [6, 6.07) is 20.7. The summed E-state index contributed by atoms with van der Waals surface area (Å²) < 4.78 is 0. The molecule has 2 heterocycles. The lowest BCUT2D eigenvalue weighted by atomic mass is 9.99. The molecule has 5 rings (SSSR count). The molecule has 0 aliphatic heterocycles. The molecule has 4 nitrogen and oxygen atoms in total. The zero-order valence-corrected chi connectivity index (χ0v) is 16.1. The minimum Gasteiger partial charge on any atom is -0.322 e. The van der Waals surface area contributed by atoms with Gasteiger partial charge in [0.2, 0.25) is 5.52 Å². The highest BCUT2D eigenvalue weighted by Gasteiger charge is 2.10. The van der Waals surface area contributed by atoms with Gasteiger partial charge >= 0.3 is 0 Å². The molecule has 3 N–H and O–H groups in total. The number of carbonyl (C=O) groups is 1. The molecule has 136 valence electrons. The summed E-state index contributed by atoms with van der Waals surface area (Å²) in [6.07, 6.45) is 0. The van der Waals surface area contributed by atoms with E-state index in [1.54, 1.807) is 0 Å². The largest absolute Gasteiger partial charge is 0.322 e. The molecule has 0 aliphatic carbocycles. The van der Waals surface area contributed by atoms with Gasteiger partial charge in [0.1, 0.15) is 0 Å². The standard InChI is InChI=1S/C23H17N3OS/c1-14-21-12-18(5-7-22(21)26-25-14)15-2-3-17-11-20(6-4-16(17)10-15)24-23(27)19-8-9-28-13-19/h2-13H,1H3,(H,24,27)(H,25,26)/p+1. The Balaban J connectivity index is 1.47. The quantitative estimate of drug-likeness (QED) is 0.428. The van der Waals surface area contributed by atoms with Gasteiger partial charge in [-0.1, -0.05) is 18.2 Å². The summed E-state index contributed by atoms with van der Waals surface area (Å²) in [6.45, 7) is 2.06. The number of H-pyrrole nitrogens is 2. The number of fused-ring (bicyclic) bond motifs is 2. The minimum absolute atomic E-state index is 0.0794. The fourth-order valence-electron chi connectivity index (χ4n) is 3.47. The first-order chi connectivity index (χ1) is 13.7. The van der Waals surface area contributed by atoms with Crippen molar-refractivity contribution in [3.8, 4) is 11.1 Å². The summed E-state index contributed by atoms with van der Waals surface area (Å²) in [5.41, 5.74) is 6.08. The molecule has 5 aromatic rings. The molecule has 5 heteroatoms. The van der Waals surface area contributed by atoms with E-state index in [4.69, 9.17) is 0 Å². The highest BCUT2D eigenvalue weighted by Crippen LogP contribution is 2.28. The van der Waals surface area contributed by atoms with Crippen LogP contribution in [0, 0.1) is 6.92 Å². The van der Waals surface area contributed by atoms with Crippen molar-refractivity contribution in [2.24, 2.45) is 0 Å². The van der Waals surface area contributed by atoms with Crippen LogP contribution in [0.1, 0.15) is 16.1 Å². The molecular weight excluding hydrogens is 366 g/mol. The Bertz CT molecular complexity index is 1320. The van der Waals surface area contributed by atoms with Crippen LogP contribution < -0.4 is 10.4 Å². The summed E-state index contributed by atoms with van der Waals surface area (Å²) in [5, 5.41) is 16.5. The van der Waals surface area contributed by atoms with Crippen LogP contribution in [0.2, 0.25) is 0 Å². The maximum atomic E-state index is 12.3. The van der Waals surface area contributed by atoms with Gasteiger partial charge in [-0.05, 0) is 70.6 Å². The Hall–Kier alpha value is -3.44. The van der Waals surface area contributed by atoms with Crippen molar-refractivity contribution in [2.45, 2.75) is 6.92 Å². The second kappa shape index (κ2) is 6.62. The van der Waals surface area contributed by atoms with Crippen molar-refractivity contribution in [3.63, 3.8) is 0 Å². The number of aryl methyl sites for hydroxylation is 1. The first-order valence-electron chi connectivity index (χ1n) is 9.05. The topological polar surface area (TPSA) is 59.0 Å². The second-order valence-corrected chi connectivity index (χ2v) is 7.66. The van der Waals surface area contributed by atoms with E-state index in [0.29, 0.717) is 5.56 Å². The van der Waals surface area contributed by atoms with E-state index >= 15 is 0 Å². The third-order valence-corrected chi connectivity index (χ3v) is 5.71. The molecule has 0 unspecified atom stereocenters. The van der Waals surface area contributed by atoms with Gasteiger partial charge in [0.05, 0.1) is 16.6 Å². The van der Waals surface area contributed by atoms with Crippen LogP contribution in [0.4, 0.5) is 5.69 Å². The monoisotopic (exact) mass is 384 g/mol. The van der Waals surface area contributed by atoms with E-state index in [2.05, 4.69) is 64.9 Å². The molecule has 1 amide bonds. The Morgan fingerprint density at radius 3 is 2.61 bits per heavy atom. The number of carbonyl (C=O) groups excluding carboxylic acids is 1. The Morgan fingerprint density at radius 2 is 1.75 bits per heavy atom. The number of benzene rings is 3. The molecule has 0 radical (unpaired) electrons. The SMILES string of the molecule is Cc1[nH][nH+]c2ccc(-c3ccc4cc(NC(=O)c5ccsc5)ccc4c3)cc12. The maximum absolute atomic E-state index is 12.3. The molecule has 0 saturated carbocycles. The van der Waals surface area contributed by atoms with Gasteiger partial charge in [0, 0.05) is 17.1 Å². The average molecular weight is 384 g/mol. The number of aromatic nitrogens is 2. The zero-order valence-electron chi connectivity index (χ0n) is 15.2. The van der Waals surface area contributed by atoms with Gasteiger partial charge in [0.15, 0.2) is 0 Å². The smallest absolute Gasteiger partial charge is 0.256 e. The molecule has 0 bridgehead atoms. The molecule has 0 aliphatic rings. The number of nitrogens with one attached hydrogen (secondary N) is 3. The Kier molecular flexibility index (Phi) is 3.95. The second-order valence-electron chi connectivity index (χ2n) is 6.88. The van der Waals surface area contributed by atoms with Crippen LogP contribution in [0.25, 0.3) is 32.8 Å². The summed E-state index contributed by atoms with van der Waals surface area (Å²) in [7, 11) is 0. The number of anilines is 1. The normalized spacial score (nSPS) is 11.2. The lowest BCUT2D eigenvalue weighted by Crippen LogP contribution is -2.10. The summed E-state index contributed by atoms with van der Waals surface area (Å²) in [4.78, 5) is 12.3. The lowest BCUT2D eigenvalue weighted by molar-refractivity contribution is -0.421. The number of hydrogen-bond acceptors (Lipinski definition) is 2. The molecule has 0 atom stereocenters. The van der Waals surface area contributed by atoms with E-state index in [1.165, 1.54) is 27.8 Å². The van der Waals surface area contributed by atoms with E-state index in [1.807, 2.05) is 29.0 Å². The average Bonchev–Trinajstić information content (AvgIpc) is 3.38. The lowest BCUT2D eigenvalue weighted by Gasteiger charge is -2.08. The maximum Gasteiger partial charge on any atom is 0.256 e. The molecule has 0 fully saturated rings. The first-order valence-corrected chi connectivity index (χ1v) is 9.99. The van der Waals surface area contributed by atoms with Crippen LogP contribution in [0.3, 0.4) is 0 Å². The highest BCUT2D eigenvalue weighted by molar-refractivity contribution is 7.08. The number of hydrogen-bond donors (Lipinski definition) is 2. The molecule has 0 spiro atoms. The Morgan fingerprint density at radius 1 is 0.964 bits per heavy atom. The van der Waals surface area contributed by atoms with Crippen molar-refractivity contribution in [1.29, 1.82) is 0 Å². The number of rotatable bonds is 3. The van der Waals surface area contributed by atoms with Crippen molar-refractivity contribution in [2.75, 3.05) is 5.32 Å². The van der Waals surface area contributed by atoms with E-state index < -0.39 is 0 Å². The molecular formula is C23H18N3OS+. The summed E-state index contributed by atoms with van der Waals surface area (Å²) >= 11 is 1.52. The molecule has 0 saturated heterocycles. The molecule has 3 aromatic carbocycles. The third kappa shape index (κ3) is 2.96. The molecule has 28 heavy (non-hydrogen) atoms. The van der Waals surface area contributed by atoms with E-state index in [-0.39, 0.29) is 5.91 Å². The van der Waals surface area contributed by atoms with Crippen molar-refractivity contribution in [1.82, 2.24) is 5.10 Å². The van der Waals surface area contributed by atoms with Gasteiger partial charge < -0.3 is 5.32 Å². The predicted molar refractivity (Wildman–Crippen MR) is 115 cm³/mol. The fraction of sp³-hybridized carbons (Fsp3) is 0.0435. The first kappa shape index (κ1) is 16.7. The van der Waals surface area contributed by atoms with Crippen molar-refractivity contribution >= 4 is 44.6 Å². The van der Waals surface area contributed by atoms with Gasteiger partial charge in [0.25, 0.3) is 5.91 Å². The third-order valence-electron chi connectivity index (χ3n) is 5.02. The number of aromatic amines is 2. The van der Waals surface area contributed by atoms with Gasteiger partial charge in [-0.25, -0.2) is 0 Å². The van der Waals surface area contributed by atoms with Crippen LogP contribution in [0.5, 0.6) is 0 Å². The van der Waals surface area contributed by atoms with E-state index in [9.17, 15) is 4.79 Å². The van der Waals surface area contributed by atoms with Crippen molar-refractivity contribution < 1.29 is 9.89 Å². The van der Waals surface area contributed by atoms with Crippen LogP contribution in [-0.2, 0) is 0 Å². The van der Waals surface area contributed by atoms with Gasteiger partial charge in [-0.15, -0.1) is 5.10 Å². The molecule has 2 aromatic heterocycles.